The van der Waals surface area contributed by atoms with Crippen LogP contribution in [0.25, 0.3) is 12.2 Å². The van der Waals surface area contributed by atoms with Crippen molar-refractivity contribution in [3.8, 4) is 0 Å². The van der Waals surface area contributed by atoms with Crippen LogP contribution in [0.3, 0.4) is 0 Å². The lowest BCUT2D eigenvalue weighted by atomic mass is 9.87. The van der Waals surface area contributed by atoms with E-state index >= 15 is 0 Å². The molecule has 0 N–H and O–H groups in total. The van der Waals surface area contributed by atoms with E-state index in [1.54, 1.807) is 0 Å². The highest BCUT2D eigenvalue weighted by molar-refractivity contribution is 5.38. The molecule has 1 aliphatic rings. The maximum atomic E-state index is 5.19. The molecule has 1 aliphatic carbocycles. The van der Waals surface area contributed by atoms with Crippen LogP contribution < -0.4 is 10.8 Å². The van der Waals surface area contributed by atoms with Crippen molar-refractivity contribution in [3.63, 3.8) is 0 Å². The van der Waals surface area contributed by atoms with Crippen molar-refractivity contribution in [1.29, 1.82) is 0 Å². The summed E-state index contributed by atoms with van der Waals surface area (Å²) in [5.41, 5.74) is 1.15. The third kappa shape index (κ3) is 1.09. The molecule has 0 saturated carbocycles. The first-order chi connectivity index (χ1) is 5.17. The molecule has 2 rings (SSSR count). The second-order valence-electron chi connectivity index (χ2n) is 3.64. The van der Waals surface area contributed by atoms with Crippen molar-refractivity contribution in [1.82, 2.24) is 4.98 Å². The Balaban J connectivity index is 2.71. The lowest BCUT2D eigenvalue weighted by Crippen LogP contribution is -2.30. The summed E-state index contributed by atoms with van der Waals surface area (Å²) in [6, 6.07) is 0. The number of hydrogen-bond donors (Lipinski definition) is 0. The number of aromatic nitrogens is 1. The standard InChI is InChI=1S/C9H11NO/c1-9(2)4-3-7-8(5-9)11-6-10-7/h3,5-6H,4H2,1-2H3. The predicted molar refractivity (Wildman–Crippen MR) is 43.1 cm³/mol. The summed E-state index contributed by atoms with van der Waals surface area (Å²) in [7, 11) is 0. The van der Waals surface area contributed by atoms with Crippen molar-refractivity contribution >= 4 is 12.2 Å². The van der Waals surface area contributed by atoms with Gasteiger partial charge >= 0.3 is 0 Å². The Morgan fingerprint density at radius 3 is 3.18 bits per heavy atom. The van der Waals surface area contributed by atoms with Crippen LogP contribution in [0.4, 0.5) is 0 Å². The molecule has 11 heavy (non-hydrogen) atoms. The second-order valence-corrected chi connectivity index (χ2v) is 3.64. The number of nitrogens with zero attached hydrogens (tertiary/aromatic N) is 1. The highest BCUT2D eigenvalue weighted by Crippen LogP contribution is 2.23. The Bertz CT molecular complexity index is 373. The SMILES string of the molecule is CC1(C)C=c2ocnc2=CC1. The smallest absolute Gasteiger partial charge is 0.181 e. The van der Waals surface area contributed by atoms with Crippen LogP contribution in [0.2, 0.25) is 0 Å². The minimum absolute atomic E-state index is 0.229. The number of oxazole rings is 1. The minimum atomic E-state index is 0.229. The molecule has 2 heteroatoms. The molecule has 2 nitrogen and oxygen atoms in total. The molecule has 0 spiro atoms. The molecule has 0 unspecified atom stereocenters. The average molecular weight is 149 g/mol. The van der Waals surface area contributed by atoms with Gasteiger partial charge in [-0.05, 0) is 17.9 Å². The second kappa shape index (κ2) is 1.97. The Kier molecular flexibility index (Phi) is 1.19. The molecule has 0 bridgehead atoms. The first-order valence-electron chi connectivity index (χ1n) is 3.80. The third-order valence-corrected chi connectivity index (χ3v) is 1.97. The molecule has 0 aromatic carbocycles. The average Bonchev–Trinajstić information content (AvgIpc) is 2.31. The molecule has 1 heterocycles. The quantitative estimate of drug-likeness (QED) is 0.541. The summed E-state index contributed by atoms with van der Waals surface area (Å²) in [5.74, 6) is 0. The summed E-state index contributed by atoms with van der Waals surface area (Å²) in [6.45, 7) is 4.38. The first kappa shape index (κ1) is 6.65. The van der Waals surface area contributed by atoms with E-state index in [4.69, 9.17) is 4.42 Å². The van der Waals surface area contributed by atoms with Gasteiger partial charge in [-0.25, -0.2) is 4.98 Å². The van der Waals surface area contributed by atoms with Crippen LogP contribution in [-0.2, 0) is 0 Å². The van der Waals surface area contributed by atoms with Crippen LogP contribution in [0, 0.1) is 5.41 Å². The van der Waals surface area contributed by atoms with Gasteiger partial charge in [-0.15, -0.1) is 0 Å². The fourth-order valence-corrected chi connectivity index (χ4v) is 1.30. The molecule has 1 aromatic rings. The van der Waals surface area contributed by atoms with E-state index in [0.29, 0.717) is 0 Å². The summed E-state index contributed by atoms with van der Waals surface area (Å²) in [6.07, 6.45) is 6.81. The van der Waals surface area contributed by atoms with E-state index in [9.17, 15) is 0 Å². The van der Waals surface area contributed by atoms with E-state index in [-0.39, 0.29) is 5.41 Å². The van der Waals surface area contributed by atoms with E-state index < -0.39 is 0 Å². The Labute approximate surface area is 65.2 Å². The van der Waals surface area contributed by atoms with Gasteiger partial charge < -0.3 is 4.42 Å². The van der Waals surface area contributed by atoms with Crippen LogP contribution in [-0.4, -0.2) is 4.98 Å². The minimum Gasteiger partial charge on any atom is -0.444 e. The van der Waals surface area contributed by atoms with Crippen LogP contribution in [0.5, 0.6) is 0 Å². The van der Waals surface area contributed by atoms with E-state index in [1.807, 2.05) is 0 Å². The molecule has 0 radical (unpaired) electrons. The molecule has 0 fully saturated rings. The fourth-order valence-electron chi connectivity index (χ4n) is 1.30. The maximum Gasteiger partial charge on any atom is 0.181 e. The molecule has 58 valence electrons. The molecule has 0 saturated heterocycles. The van der Waals surface area contributed by atoms with Crippen LogP contribution >= 0.6 is 0 Å². The first-order valence-corrected chi connectivity index (χ1v) is 3.80. The van der Waals surface area contributed by atoms with Gasteiger partial charge in [-0.2, -0.15) is 0 Å². The van der Waals surface area contributed by atoms with Crippen molar-refractivity contribution in [2.24, 2.45) is 5.41 Å². The van der Waals surface area contributed by atoms with Gasteiger partial charge in [0.1, 0.15) is 5.35 Å². The number of hydrogen-bond acceptors (Lipinski definition) is 2. The highest BCUT2D eigenvalue weighted by Gasteiger charge is 2.16. The molecular formula is C9H11NO. The number of fused-ring (bicyclic) bond motifs is 1. The fraction of sp³-hybridized carbons (Fsp3) is 0.444. The zero-order valence-corrected chi connectivity index (χ0v) is 6.79. The molecule has 0 aliphatic heterocycles. The van der Waals surface area contributed by atoms with Gasteiger partial charge in [0.2, 0.25) is 0 Å². The Morgan fingerprint density at radius 2 is 2.36 bits per heavy atom. The largest absolute Gasteiger partial charge is 0.444 e. The number of rotatable bonds is 0. The Hall–Kier alpha value is -1.05. The van der Waals surface area contributed by atoms with Gasteiger partial charge in [-0.1, -0.05) is 19.9 Å². The highest BCUT2D eigenvalue weighted by atomic mass is 16.3. The van der Waals surface area contributed by atoms with Gasteiger partial charge in [0.15, 0.2) is 11.8 Å². The summed E-state index contributed by atoms with van der Waals surface area (Å²) < 4.78 is 5.19. The monoisotopic (exact) mass is 149 g/mol. The van der Waals surface area contributed by atoms with Crippen molar-refractivity contribution in [2.75, 3.05) is 0 Å². The van der Waals surface area contributed by atoms with Gasteiger partial charge in [0, 0.05) is 0 Å². The molecule has 1 aromatic heterocycles. The summed E-state index contributed by atoms with van der Waals surface area (Å²) >= 11 is 0. The summed E-state index contributed by atoms with van der Waals surface area (Å²) in [5, 5.41) is 0.990. The van der Waals surface area contributed by atoms with Crippen LogP contribution in [0.15, 0.2) is 10.8 Å². The van der Waals surface area contributed by atoms with Crippen molar-refractivity contribution < 1.29 is 4.42 Å². The lowest BCUT2D eigenvalue weighted by Gasteiger charge is -2.18. The summed E-state index contributed by atoms with van der Waals surface area (Å²) in [4.78, 5) is 4.07. The topological polar surface area (TPSA) is 26.0 Å². The van der Waals surface area contributed by atoms with Gasteiger partial charge in [-0.3, -0.25) is 0 Å². The van der Waals surface area contributed by atoms with Gasteiger partial charge in [0.05, 0.1) is 0 Å². The van der Waals surface area contributed by atoms with E-state index in [0.717, 1.165) is 17.2 Å². The van der Waals surface area contributed by atoms with Crippen molar-refractivity contribution in [2.45, 2.75) is 20.3 Å². The maximum absolute atomic E-state index is 5.19. The zero-order chi connectivity index (χ0) is 7.90. The predicted octanol–water partition coefficient (Wildman–Crippen LogP) is 0.665. The zero-order valence-electron chi connectivity index (χ0n) is 6.79. The van der Waals surface area contributed by atoms with Crippen LogP contribution in [0.1, 0.15) is 20.3 Å². The Morgan fingerprint density at radius 1 is 1.55 bits per heavy atom. The van der Waals surface area contributed by atoms with Crippen molar-refractivity contribution in [3.05, 3.63) is 17.2 Å². The molecule has 0 atom stereocenters. The van der Waals surface area contributed by atoms with Gasteiger partial charge in [0.25, 0.3) is 0 Å². The molecular weight excluding hydrogens is 138 g/mol. The van der Waals surface area contributed by atoms with E-state index in [2.05, 4.69) is 31.0 Å². The molecule has 0 amide bonds. The lowest BCUT2D eigenvalue weighted by molar-refractivity contribution is 0.485. The van der Waals surface area contributed by atoms with E-state index in [1.165, 1.54) is 6.39 Å². The normalized spacial score (nSPS) is 19.8. The third-order valence-electron chi connectivity index (χ3n) is 1.97.